The van der Waals surface area contributed by atoms with Gasteiger partial charge in [0.15, 0.2) is 0 Å². The van der Waals surface area contributed by atoms with Gasteiger partial charge in [-0.25, -0.2) is 0 Å². The van der Waals surface area contributed by atoms with Crippen LogP contribution in [0.25, 0.3) is 0 Å². The molecule has 0 aromatic rings. The molecular weight excluding hydrogens is 297 g/mol. The molecule has 1 heterocycles. The molecule has 0 aromatic heterocycles. The van der Waals surface area contributed by atoms with E-state index in [0.29, 0.717) is 38.8 Å². The molecule has 1 saturated heterocycles. The molecule has 0 bridgehead atoms. The Morgan fingerprint density at radius 2 is 2.00 bits per heavy atom. The predicted molar refractivity (Wildman–Crippen MR) is 77.1 cm³/mol. The predicted octanol–water partition coefficient (Wildman–Crippen LogP) is 2.51. The molecule has 0 saturated carbocycles. The van der Waals surface area contributed by atoms with Gasteiger partial charge in [0.2, 0.25) is 5.91 Å². The third kappa shape index (κ3) is 6.34. The van der Waals surface area contributed by atoms with Crippen molar-refractivity contribution < 1.29 is 22.8 Å². The van der Waals surface area contributed by atoms with Gasteiger partial charge in [0.1, 0.15) is 5.78 Å². The molecule has 2 unspecified atom stereocenters. The van der Waals surface area contributed by atoms with E-state index in [2.05, 4.69) is 0 Å². The second-order valence-electron chi connectivity index (χ2n) is 6.03. The first-order valence-corrected chi connectivity index (χ1v) is 7.80. The summed E-state index contributed by atoms with van der Waals surface area (Å²) in [5.74, 6) is -1.78. The van der Waals surface area contributed by atoms with Crippen LogP contribution in [0.5, 0.6) is 0 Å². The van der Waals surface area contributed by atoms with Gasteiger partial charge in [-0.1, -0.05) is 6.42 Å². The Bertz CT molecular complexity index is 385. The first-order valence-electron chi connectivity index (χ1n) is 7.80. The Labute approximate surface area is 129 Å². The highest BCUT2D eigenvalue weighted by Gasteiger charge is 2.38. The molecule has 0 spiro atoms. The fraction of sp³-hybridized carbons (Fsp3) is 0.867. The first-order chi connectivity index (χ1) is 10.2. The molecule has 1 fully saturated rings. The maximum absolute atomic E-state index is 12.7. The zero-order valence-corrected chi connectivity index (χ0v) is 13.0. The van der Waals surface area contributed by atoms with Crippen molar-refractivity contribution in [2.24, 2.45) is 17.6 Å². The van der Waals surface area contributed by atoms with Crippen LogP contribution in [-0.4, -0.2) is 42.4 Å². The minimum absolute atomic E-state index is 0.00648. The molecule has 1 aliphatic rings. The van der Waals surface area contributed by atoms with Gasteiger partial charge < -0.3 is 10.6 Å². The lowest BCUT2D eigenvalue weighted by atomic mass is 9.91. The van der Waals surface area contributed by atoms with E-state index in [4.69, 9.17) is 5.73 Å². The fourth-order valence-electron chi connectivity index (χ4n) is 2.89. The van der Waals surface area contributed by atoms with Crippen molar-refractivity contribution in [2.75, 3.05) is 19.6 Å². The van der Waals surface area contributed by atoms with Crippen molar-refractivity contribution in [1.29, 1.82) is 0 Å². The quantitative estimate of drug-likeness (QED) is 0.733. The van der Waals surface area contributed by atoms with Gasteiger partial charge in [0, 0.05) is 24.9 Å². The van der Waals surface area contributed by atoms with E-state index < -0.39 is 24.4 Å². The Hall–Kier alpha value is -1.11. The van der Waals surface area contributed by atoms with E-state index >= 15 is 0 Å². The van der Waals surface area contributed by atoms with Gasteiger partial charge in [-0.15, -0.1) is 0 Å². The summed E-state index contributed by atoms with van der Waals surface area (Å²) < 4.78 is 38.1. The Balaban J connectivity index is 2.70. The van der Waals surface area contributed by atoms with E-state index in [1.165, 1.54) is 11.8 Å². The van der Waals surface area contributed by atoms with Gasteiger partial charge >= 0.3 is 6.18 Å². The van der Waals surface area contributed by atoms with Crippen LogP contribution >= 0.6 is 0 Å². The van der Waals surface area contributed by atoms with E-state index in [0.717, 1.165) is 0 Å². The van der Waals surface area contributed by atoms with Crippen molar-refractivity contribution in [3.05, 3.63) is 0 Å². The number of unbranched alkanes of at least 4 members (excludes halogenated alkanes) is 1. The number of amides is 1. The second-order valence-corrected chi connectivity index (χ2v) is 6.03. The Morgan fingerprint density at radius 1 is 1.32 bits per heavy atom. The number of nitrogens with zero attached hydrogens (tertiary/aromatic N) is 1. The molecule has 2 atom stereocenters. The topological polar surface area (TPSA) is 63.4 Å². The highest BCUT2D eigenvalue weighted by atomic mass is 19.4. The van der Waals surface area contributed by atoms with Crippen LogP contribution in [-0.2, 0) is 9.59 Å². The summed E-state index contributed by atoms with van der Waals surface area (Å²) in [6.45, 7) is 2.56. The van der Waals surface area contributed by atoms with Crippen LogP contribution < -0.4 is 5.73 Å². The lowest BCUT2D eigenvalue weighted by molar-refractivity contribution is -0.161. The molecule has 7 heteroatoms. The number of carbonyl (C=O) groups is 2. The molecule has 4 nitrogen and oxygen atoms in total. The molecule has 0 aliphatic carbocycles. The number of hydrogen-bond donors (Lipinski definition) is 1. The summed E-state index contributed by atoms with van der Waals surface area (Å²) in [7, 11) is 0. The molecule has 0 aromatic carbocycles. The maximum Gasteiger partial charge on any atom is 0.389 e. The van der Waals surface area contributed by atoms with Crippen molar-refractivity contribution in [2.45, 2.75) is 51.6 Å². The number of alkyl halides is 3. The normalized spacial score (nSPS) is 20.8. The standard InChI is InChI=1S/C15H25F3N2O2/c1-11(21)13-6-4-8-20(10-13)14(22)12(5-2-3-7-19)9-15(16,17)18/h12-13H,2-10,19H2,1H3. The maximum atomic E-state index is 12.7. The smallest absolute Gasteiger partial charge is 0.342 e. The molecule has 128 valence electrons. The lowest BCUT2D eigenvalue weighted by Gasteiger charge is -2.34. The van der Waals surface area contributed by atoms with Crippen LogP contribution in [0.1, 0.15) is 45.4 Å². The Morgan fingerprint density at radius 3 is 2.55 bits per heavy atom. The number of rotatable bonds is 7. The van der Waals surface area contributed by atoms with E-state index in [9.17, 15) is 22.8 Å². The largest absolute Gasteiger partial charge is 0.389 e. The number of carbonyl (C=O) groups excluding carboxylic acids is 2. The zero-order valence-electron chi connectivity index (χ0n) is 13.0. The van der Waals surface area contributed by atoms with Crippen LogP contribution in [0.4, 0.5) is 13.2 Å². The highest BCUT2D eigenvalue weighted by molar-refractivity contribution is 5.82. The third-order valence-electron chi connectivity index (χ3n) is 4.14. The molecular formula is C15H25F3N2O2. The number of halogens is 3. The lowest BCUT2D eigenvalue weighted by Crippen LogP contribution is -2.45. The number of Topliss-reactive ketones (excluding diaryl/α,β-unsaturated/α-hetero) is 1. The van der Waals surface area contributed by atoms with Crippen molar-refractivity contribution in [1.82, 2.24) is 4.90 Å². The minimum atomic E-state index is -4.36. The van der Waals surface area contributed by atoms with Crippen LogP contribution in [0.2, 0.25) is 0 Å². The summed E-state index contributed by atoms with van der Waals surface area (Å²) in [5, 5.41) is 0. The fourth-order valence-corrected chi connectivity index (χ4v) is 2.89. The van der Waals surface area contributed by atoms with Crippen LogP contribution in [0.15, 0.2) is 0 Å². The molecule has 22 heavy (non-hydrogen) atoms. The van der Waals surface area contributed by atoms with Crippen molar-refractivity contribution in [3.8, 4) is 0 Å². The third-order valence-corrected chi connectivity index (χ3v) is 4.14. The summed E-state index contributed by atoms with van der Waals surface area (Å²) in [5.41, 5.74) is 5.36. The summed E-state index contributed by atoms with van der Waals surface area (Å²) in [6, 6.07) is 0. The van der Waals surface area contributed by atoms with E-state index in [1.807, 2.05) is 0 Å². The molecule has 1 rings (SSSR count). The van der Waals surface area contributed by atoms with Crippen LogP contribution in [0, 0.1) is 11.8 Å². The molecule has 1 amide bonds. The summed E-state index contributed by atoms with van der Waals surface area (Å²) in [4.78, 5) is 25.3. The monoisotopic (exact) mass is 322 g/mol. The molecule has 0 radical (unpaired) electrons. The average molecular weight is 322 g/mol. The number of piperidine rings is 1. The number of ketones is 1. The van der Waals surface area contributed by atoms with Crippen molar-refractivity contribution in [3.63, 3.8) is 0 Å². The minimum Gasteiger partial charge on any atom is -0.342 e. The van der Waals surface area contributed by atoms with Gasteiger partial charge in [0.25, 0.3) is 0 Å². The van der Waals surface area contributed by atoms with Gasteiger partial charge in [-0.05, 0) is 39.2 Å². The van der Waals surface area contributed by atoms with Gasteiger partial charge in [-0.3, -0.25) is 9.59 Å². The van der Waals surface area contributed by atoms with Crippen LogP contribution in [0.3, 0.4) is 0 Å². The van der Waals surface area contributed by atoms with Crippen molar-refractivity contribution >= 4 is 11.7 Å². The summed E-state index contributed by atoms with van der Waals surface area (Å²) in [6.07, 6.45) is -2.79. The SMILES string of the molecule is CC(=O)C1CCCN(C(=O)C(CCCCN)CC(F)(F)F)C1. The number of nitrogens with two attached hydrogens (primary N) is 1. The van der Waals surface area contributed by atoms with Gasteiger partial charge in [0.05, 0.1) is 6.42 Å². The number of hydrogen-bond acceptors (Lipinski definition) is 3. The average Bonchev–Trinajstić information content (AvgIpc) is 2.44. The van der Waals surface area contributed by atoms with E-state index in [1.54, 1.807) is 0 Å². The zero-order chi connectivity index (χ0) is 16.8. The Kier molecular flexibility index (Phi) is 7.32. The molecule has 1 aliphatic heterocycles. The van der Waals surface area contributed by atoms with E-state index in [-0.39, 0.29) is 24.7 Å². The summed E-state index contributed by atoms with van der Waals surface area (Å²) >= 11 is 0. The highest BCUT2D eigenvalue weighted by Crippen LogP contribution is 2.30. The number of likely N-dealkylation sites (tertiary alicyclic amines) is 1. The molecule has 2 N–H and O–H groups in total. The first kappa shape index (κ1) is 18.9. The second kappa shape index (κ2) is 8.50. The van der Waals surface area contributed by atoms with Gasteiger partial charge in [-0.2, -0.15) is 13.2 Å².